The molecule has 4 nitrogen and oxygen atoms in total. The molecule has 0 atom stereocenters. The predicted octanol–water partition coefficient (Wildman–Crippen LogP) is 9.00. The lowest BCUT2D eigenvalue weighted by Crippen LogP contribution is -2.16. The summed E-state index contributed by atoms with van der Waals surface area (Å²) in [4.78, 5) is 5.18. The summed E-state index contributed by atoms with van der Waals surface area (Å²) in [5.74, 6) is 0.242. The molecular weight excluding hydrogens is 592 g/mol. The summed E-state index contributed by atoms with van der Waals surface area (Å²) in [7, 11) is 0. The average molecular weight is 610 g/mol. The molecule has 11 heteroatoms. The lowest BCUT2D eigenvalue weighted by molar-refractivity contribution is -0.274. The van der Waals surface area contributed by atoms with Gasteiger partial charge in [-0.25, -0.2) is 0 Å². The number of alkyl halides is 3. The van der Waals surface area contributed by atoms with Crippen molar-refractivity contribution in [2.24, 2.45) is 4.99 Å². The predicted molar refractivity (Wildman–Crippen MR) is 152 cm³/mol. The fraction of sp³-hybridized carbons (Fsp3) is 0.179. The normalized spacial score (nSPS) is 12.9. The van der Waals surface area contributed by atoms with Gasteiger partial charge in [0.25, 0.3) is 0 Å². The number of aliphatic imine (C=N–C) groups is 1. The van der Waals surface area contributed by atoms with Crippen LogP contribution in [0.25, 0.3) is 22.6 Å². The van der Waals surface area contributed by atoms with Crippen molar-refractivity contribution in [3.8, 4) is 28.3 Å². The van der Waals surface area contributed by atoms with Gasteiger partial charge in [0.1, 0.15) is 11.4 Å². The van der Waals surface area contributed by atoms with Crippen LogP contribution in [-0.2, 0) is 19.3 Å². The molecule has 0 aliphatic heterocycles. The Labute approximate surface area is 242 Å². The molecule has 0 N–H and O–H groups in total. The van der Waals surface area contributed by atoms with Crippen LogP contribution in [0.3, 0.4) is 0 Å². The highest BCUT2D eigenvalue weighted by molar-refractivity contribution is 7.80. The number of hydrogen-bond acceptors (Lipinski definition) is 5. The first-order valence-corrected chi connectivity index (χ1v) is 13.2. The molecule has 0 saturated heterocycles. The number of thiocarbonyl (C=S) groups is 1. The molecule has 200 valence electrons. The summed E-state index contributed by atoms with van der Waals surface area (Å²) in [6, 6.07) is 14.8. The molecule has 3 aromatic carbocycles. The molecule has 1 aliphatic carbocycles. The molecule has 0 bridgehead atoms. The molecule has 1 heterocycles. The number of ether oxygens (including phenoxy) is 1. The van der Waals surface area contributed by atoms with Crippen LogP contribution in [0.1, 0.15) is 22.3 Å². The minimum absolute atomic E-state index is 0.294. The second kappa shape index (κ2) is 11.3. The third kappa shape index (κ3) is 6.47. The van der Waals surface area contributed by atoms with E-state index in [0.717, 1.165) is 39.9 Å². The van der Waals surface area contributed by atoms with Crippen LogP contribution >= 0.6 is 47.0 Å². The van der Waals surface area contributed by atoms with Gasteiger partial charge in [-0.1, -0.05) is 64.3 Å². The zero-order valence-electron chi connectivity index (χ0n) is 20.0. The molecule has 1 aliphatic rings. The highest BCUT2D eigenvalue weighted by Crippen LogP contribution is 2.39. The molecule has 4 aromatic rings. The highest BCUT2D eigenvalue weighted by Gasteiger charge is 2.31. The summed E-state index contributed by atoms with van der Waals surface area (Å²) in [5.41, 5.74) is 5.96. The molecule has 0 spiro atoms. The van der Waals surface area contributed by atoms with Gasteiger partial charge in [-0.15, -0.1) is 13.2 Å². The van der Waals surface area contributed by atoms with Crippen molar-refractivity contribution >= 4 is 58.1 Å². The van der Waals surface area contributed by atoms with Crippen molar-refractivity contribution in [3.63, 3.8) is 0 Å². The summed E-state index contributed by atoms with van der Waals surface area (Å²) >= 11 is 24.0. The van der Waals surface area contributed by atoms with Crippen LogP contribution < -0.4 is 4.74 Å². The molecular formula is C28H18Cl3F3N2O2S. The first-order chi connectivity index (χ1) is 18.6. The Bertz CT molecular complexity index is 1560. The lowest BCUT2D eigenvalue weighted by Gasteiger charge is -2.16. The van der Waals surface area contributed by atoms with Gasteiger partial charge >= 0.3 is 6.36 Å². The minimum atomic E-state index is -4.74. The van der Waals surface area contributed by atoms with Crippen molar-refractivity contribution < 1.29 is 22.4 Å². The van der Waals surface area contributed by atoms with E-state index in [1.807, 2.05) is 12.1 Å². The summed E-state index contributed by atoms with van der Waals surface area (Å²) < 4.78 is 46.9. The first-order valence-electron chi connectivity index (χ1n) is 11.7. The Hall–Kier alpha value is -2.91. The van der Waals surface area contributed by atoms with E-state index in [1.54, 1.807) is 18.3 Å². The maximum absolute atomic E-state index is 12.5. The lowest BCUT2D eigenvalue weighted by atomic mass is 9.87. The van der Waals surface area contributed by atoms with Gasteiger partial charge in [0.2, 0.25) is 0 Å². The van der Waals surface area contributed by atoms with E-state index in [0.29, 0.717) is 50.6 Å². The van der Waals surface area contributed by atoms with E-state index in [9.17, 15) is 13.2 Å². The van der Waals surface area contributed by atoms with Crippen LogP contribution in [0.5, 0.6) is 5.75 Å². The molecule has 1 aromatic heterocycles. The van der Waals surface area contributed by atoms with Crippen LogP contribution in [0.2, 0.25) is 15.1 Å². The van der Waals surface area contributed by atoms with Gasteiger partial charge in [0, 0.05) is 49.3 Å². The van der Waals surface area contributed by atoms with Gasteiger partial charge < -0.3 is 9.26 Å². The van der Waals surface area contributed by atoms with E-state index in [2.05, 4.69) is 21.0 Å². The van der Waals surface area contributed by atoms with E-state index in [1.165, 1.54) is 24.3 Å². The average Bonchev–Trinajstić information content (AvgIpc) is 3.30. The summed E-state index contributed by atoms with van der Waals surface area (Å²) in [6.07, 6.45) is -1.13. The summed E-state index contributed by atoms with van der Waals surface area (Å²) in [6.45, 7) is 0.339. The number of aryl methyl sites for hydroxylation is 1. The van der Waals surface area contributed by atoms with Crippen LogP contribution in [0, 0.1) is 0 Å². The number of aromatic nitrogens is 1. The molecule has 5 rings (SSSR count). The number of nitrogens with zero attached hydrogens (tertiary/aromatic N) is 2. The largest absolute Gasteiger partial charge is 0.573 e. The molecule has 0 fully saturated rings. The van der Waals surface area contributed by atoms with Crippen LogP contribution in [0.15, 0.2) is 64.1 Å². The highest BCUT2D eigenvalue weighted by atomic mass is 35.5. The monoisotopic (exact) mass is 608 g/mol. The van der Waals surface area contributed by atoms with Gasteiger partial charge in [-0.05, 0) is 72.0 Å². The van der Waals surface area contributed by atoms with E-state index in [4.69, 9.17) is 51.5 Å². The number of rotatable bonds is 7. The Morgan fingerprint density at radius 1 is 1.03 bits per heavy atom. The number of hydrogen-bond donors (Lipinski definition) is 0. The second-order valence-electron chi connectivity index (χ2n) is 8.86. The molecule has 0 saturated carbocycles. The van der Waals surface area contributed by atoms with Crippen molar-refractivity contribution in [2.75, 3.05) is 6.54 Å². The van der Waals surface area contributed by atoms with Crippen LogP contribution in [0.4, 0.5) is 13.2 Å². The van der Waals surface area contributed by atoms with Crippen LogP contribution in [-0.4, -0.2) is 29.1 Å². The van der Waals surface area contributed by atoms with E-state index >= 15 is 0 Å². The zero-order chi connectivity index (χ0) is 27.7. The maximum Gasteiger partial charge on any atom is 0.573 e. The number of benzene rings is 3. The minimum Gasteiger partial charge on any atom is -0.406 e. The van der Waals surface area contributed by atoms with Crippen molar-refractivity contribution in [1.29, 1.82) is 0 Å². The van der Waals surface area contributed by atoms with Gasteiger partial charge in [-0.3, -0.25) is 4.99 Å². The summed E-state index contributed by atoms with van der Waals surface area (Å²) in [5, 5.41) is 5.67. The number of halogens is 6. The van der Waals surface area contributed by atoms with Crippen molar-refractivity contribution in [1.82, 2.24) is 5.16 Å². The Balaban J connectivity index is 1.27. The second-order valence-corrected chi connectivity index (χ2v) is 10.7. The van der Waals surface area contributed by atoms with Gasteiger partial charge in [0.15, 0.2) is 5.76 Å². The fourth-order valence-corrected chi connectivity index (χ4v) is 5.60. The first kappa shape index (κ1) is 27.6. The maximum atomic E-state index is 12.5. The SMILES string of the molecule is FC(F)(F)Oc1ccc(-c2onc3c2CCc2cc(C=NCC(=S)Cc4c(Cl)cc(Cl)cc4Cl)ccc2-3)cc1. The fourth-order valence-electron chi connectivity index (χ4n) is 4.43. The third-order valence-corrected chi connectivity index (χ3v) is 7.32. The van der Waals surface area contributed by atoms with Gasteiger partial charge in [-0.2, -0.15) is 0 Å². The van der Waals surface area contributed by atoms with Crippen molar-refractivity contribution in [2.45, 2.75) is 25.6 Å². The van der Waals surface area contributed by atoms with E-state index in [-0.39, 0.29) is 5.75 Å². The molecule has 0 unspecified atom stereocenters. The smallest absolute Gasteiger partial charge is 0.406 e. The van der Waals surface area contributed by atoms with Crippen molar-refractivity contribution in [3.05, 3.63) is 91.9 Å². The number of fused-ring (bicyclic) bond motifs is 3. The molecule has 0 radical (unpaired) electrons. The third-order valence-electron chi connectivity index (χ3n) is 6.15. The van der Waals surface area contributed by atoms with E-state index < -0.39 is 6.36 Å². The Kier molecular flexibility index (Phi) is 8.01. The quantitative estimate of drug-likeness (QED) is 0.155. The van der Waals surface area contributed by atoms with Gasteiger partial charge in [0.05, 0.1) is 6.54 Å². The molecule has 39 heavy (non-hydrogen) atoms. The molecule has 0 amide bonds. The zero-order valence-corrected chi connectivity index (χ0v) is 23.1. The Morgan fingerprint density at radius 2 is 1.74 bits per heavy atom. The topological polar surface area (TPSA) is 47.6 Å². The standard InChI is InChI=1S/C28H18Cl3F3N2O2S/c29-18-10-24(30)23(25(31)11-18)12-20(39)14-35-13-15-1-7-21-17(9-15)4-8-22-26(21)36-38-27(22)16-2-5-19(6-3-16)37-28(32,33)34/h1-3,5-7,9-11,13H,4,8,12,14H2. The Morgan fingerprint density at radius 3 is 2.44 bits per heavy atom.